The first-order valence-electron chi connectivity index (χ1n) is 6.38. The van der Waals surface area contributed by atoms with Gasteiger partial charge in [-0.2, -0.15) is 0 Å². The third-order valence-electron chi connectivity index (χ3n) is 2.92. The molecule has 3 nitrogen and oxygen atoms in total. The number of H-pyrrole nitrogens is 1. The zero-order valence-electron chi connectivity index (χ0n) is 11.0. The minimum Gasteiger partial charge on any atom is -0.347 e. The van der Waals surface area contributed by atoms with Gasteiger partial charge in [0.2, 0.25) is 0 Å². The molecule has 1 rings (SSSR count). The van der Waals surface area contributed by atoms with Crippen molar-refractivity contribution in [3.63, 3.8) is 0 Å². The number of hydrogen-bond donors (Lipinski definition) is 2. The third kappa shape index (κ3) is 4.35. The van der Waals surface area contributed by atoms with E-state index in [0.717, 1.165) is 18.2 Å². The zero-order chi connectivity index (χ0) is 12.0. The van der Waals surface area contributed by atoms with E-state index in [1.807, 2.05) is 12.4 Å². The van der Waals surface area contributed by atoms with E-state index in [4.69, 9.17) is 0 Å². The van der Waals surface area contributed by atoms with Crippen molar-refractivity contribution in [1.29, 1.82) is 0 Å². The molecule has 0 saturated heterocycles. The summed E-state index contributed by atoms with van der Waals surface area (Å²) in [4.78, 5) is 7.50. The summed E-state index contributed by atoms with van der Waals surface area (Å²) in [7, 11) is 0. The number of imidazole rings is 1. The second-order valence-corrected chi connectivity index (χ2v) is 4.97. The summed E-state index contributed by atoms with van der Waals surface area (Å²) in [5.41, 5.74) is 0. The van der Waals surface area contributed by atoms with Crippen molar-refractivity contribution in [2.45, 2.75) is 59.0 Å². The molecule has 0 bridgehead atoms. The minimum absolute atomic E-state index is 0.358. The number of rotatable bonds is 7. The summed E-state index contributed by atoms with van der Waals surface area (Å²) in [6.45, 7) is 9.00. The van der Waals surface area contributed by atoms with E-state index in [2.05, 4.69) is 43.0 Å². The molecule has 0 amide bonds. The SMILES string of the molecule is CCC(NC(C)CCC(C)C)c1ncc[nH]1. The fraction of sp³-hybridized carbons (Fsp3) is 0.769. The van der Waals surface area contributed by atoms with Gasteiger partial charge in [-0.15, -0.1) is 0 Å². The van der Waals surface area contributed by atoms with Gasteiger partial charge in [-0.3, -0.25) is 0 Å². The number of hydrogen-bond acceptors (Lipinski definition) is 2. The summed E-state index contributed by atoms with van der Waals surface area (Å²) in [6.07, 6.45) is 7.29. The summed E-state index contributed by atoms with van der Waals surface area (Å²) in [6, 6.07) is 0.912. The normalized spacial score (nSPS) is 15.3. The predicted molar refractivity (Wildman–Crippen MR) is 68.3 cm³/mol. The summed E-state index contributed by atoms with van der Waals surface area (Å²) in [5.74, 6) is 1.84. The Hall–Kier alpha value is -0.830. The van der Waals surface area contributed by atoms with Crippen molar-refractivity contribution >= 4 is 0 Å². The standard InChI is InChI=1S/C13H25N3/c1-5-12(13-14-8-9-15-13)16-11(4)7-6-10(2)3/h8-12,16H,5-7H2,1-4H3,(H,14,15). The Morgan fingerprint density at radius 1 is 1.31 bits per heavy atom. The van der Waals surface area contributed by atoms with Crippen molar-refractivity contribution in [1.82, 2.24) is 15.3 Å². The molecule has 0 saturated carbocycles. The molecule has 0 aliphatic carbocycles. The minimum atomic E-state index is 0.358. The van der Waals surface area contributed by atoms with Crippen LogP contribution in [0.15, 0.2) is 12.4 Å². The summed E-state index contributed by atoms with van der Waals surface area (Å²) >= 11 is 0. The molecule has 1 heterocycles. The first kappa shape index (κ1) is 13.2. The average molecular weight is 223 g/mol. The third-order valence-corrected chi connectivity index (χ3v) is 2.92. The van der Waals surface area contributed by atoms with Crippen LogP contribution >= 0.6 is 0 Å². The largest absolute Gasteiger partial charge is 0.347 e. The van der Waals surface area contributed by atoms with Crippen LogP contribution in [-0.2, 0) is 0 Å². The van der Waals surface area contributed by atoms with Crippen LogP contribution in [0.1, 0.15) is 58.8 Å². The van der Waals surface area contributed by atoms with Gasteiger partial charge in [-0.1, -0.05) is 20.8 Å². The molecule has 3 heteroatoms. The van der Waals surface area contributed by atoms with E-state index in [1.165, 1.54) is 12.8 Å². The number of nitrogens with one attached hydrogen (secondary N) is 2. The van der Waals surface area contributed by atoms with E-state index >= 15 is 0 Å². The first-order valence-corrected chi connectivity index (χ1v) is 6.38. The van der Waals surface area contributed by atoms with Crippen LogP contribution in [0.3, 0.4) is 0 Å². The Kier molecular flexibility index (Phi) is 5.53. The maximum Gasteiger partial charge on any atom is 0.123 e. The molecule has 0 aromatic carbocycles. The topological polar surface area (TPSA) is 40.7 Å². The molecule has 0 fully saturated rings. The Balaban J connectivity index is 2.38. The lowest BCUT2D eigenvalue weighted by Crippen LogP contribution is -2.31. The lowest BCUT2D eigenvalue weighted by Gasteiger charge is -2.21. The van der Waals surface area contributed by atoms with Gasteiger partial charge >= 0.3 is 0 Å². The Morgan fingerprint density at radius 3 is 2.56 bits per heavy atom. The van der Waals surface area contributed by atoms with E-state index in [9.17, 15) is 0 Å². The molecular formula is C13H25N3. The van der Waals surface area contributed by atoms with Crippen LogP contribution in [0, 0.1) is 5.92 Å². The van der Waals surface area contributed by atoms with Crippen LogP contribution in [0.5, 0.6) is 0 Å². The van der Waals surface area contributed by atoms with Crippen LogP contribution in [0.2, 0.25) is 0 Å². The summed E-state index contributed by atoms with van der Waals surface area (Å²) < 4.78 is 0. The highest BCUT2D eigenvalue weighted by Crippen LogP contribution is 2.15. The lowest BCUT2D eigenvalue weighted by molar-refractivity contribution is 0.389. The van der Waals surface area contributed by atoms with Crippen molar-refractivity contribution in [2.24, 2.45) is 5.92 Å². The van der Waals surface area contributed by atoms with Crippen molar-refractivity contribution in [3.8, 4) is 0 Å². The molecule has 1 aromatic rings. The van der Waals surface area contributed by atoms with E-state index in [0.29, 0.717) is 12.1 Å². The van der Waals surface area contributed by atoms with Crippen LogP contribution < -0.4 is 5.32 Å². The van der Waals surface area contributed by atoms with E-state index in [1.54, 1.807) is 0 Å². The van der Waals surface area contributed by atoms with Crippen LogP contribution in [-0.4, -0.2) is 16.0 Å². The van der Waals surface area contributed by atoms with Gasteiger partial charge in [0.1, 0.15) is 5.82 Å². The Bertz CT molecular complexity index is 267. The molecule has 1 aromatic heterocycles. The molecule has 2 N–H and O–H groups in total. The molecule has 16 heavy (non-hydrogen) atoms. The van der Waals surface area contributed by atoms with Gasteiger partial charge in [0.05, 0.1) is 6.04 Å². The van der Waals surface area contributed by atoms with Crippen LogP contribution in [0.4, 0.5) is 0 Å². The highest BCUT2D eigenvalue weighted by molar-refractivity contribution is 4.95. The van der Waals surface area contributed by atoms with Gasteiger partial charge in [0.25, 0.3) is 0 Å². The number of nitrogens with zero attached hydrogens (tertiary/aromatic N) is 1. The second-order valence-electron chi connectivity index (χ2n) is 4.97. The predicted octanol–water partition coefficient (Wildman–Crippen LogP) is 3.28. The molecular weight excluding hydrogens is 198 g/mol. The lowest BCUT2D eigenvalue weighted by atomic mass is 10.0. The smallest absolute Gasteiger partial charge is 0.123 e. The highest BCUT2D eigenvalue weighted by atomic mass is 15.0. The fourth-order valence-electron chi connectivity index (χ4n) is 1.87. The van der Waals surface area contributed by atoms with Crippen molar-refractivity contribution < 1.29 is 0 Å². The van der Waals surface area contributed by atoms with Crippen molar-refractivity contribution in [3.05, 3.63) is 18.2 Å². The molecule has 92 valence electrons. The average Bonchev–Trinajstić information content (AvgIpc) is 2.76. The quantitative estimate of drug-likeness (QED) is 0.745. The monoisotopic (exact) mass is 223 g/mol. The van der Waals surface area contributed by atoms with Crippen molar-refractivity contribution in [2.75, 3.05) is 0 Å². The molecule has 0 spiro atoms. The fourth-order valence-corrected chi connectivity index (χ4v) is 1.87. The maximum atomic E-state index is 4.32. The van der Waals surface area contributed by atoms with Crippen LogP contribution in [0.25, 0.3) is 0 Å². The zero-order valence-corrected chi connectivity index (χ0v) is 11.0. The second kappa shape index (κ2) is 6.69. The van der Waals surface area contributed by atoms with Gasteiger partial charge in [0, 0.05) is 18.4 Å². The molecule has 0 radical (unpaired) electrons. The number of aromatic amines is 1. The van der Waals surface area contributed by atoms with E-state index in [-0.39, 0.29) is 0 Å². The van der Waals surface area contributed by atoms with Gasteiger partial charge < -0.3 is 10.3 Å². The molecule has 0 aliphatic rings. The highest BCUT2D eigenvalue weighted by Gasteiger charge is 2.14. The molecule has 0 aliphatic heterocycles. The molecule has 2 atom stereocenters. The van der Waals surface area contributed by atoms with Gasteiger partial charge in [-0.05, 0) is 32.1 Å². The molecule has 2 unspecified atom stereocenters. The first-order chi connectivity index (χ1) is 7.63. The Morgan fingerprint density at radius 2 is 2.06 bits per heavy atom. The Labute approximate surface area is 99.1 Å². The summed E-state index contributed by atoms with van der Waals surface area (Å²) in [5, 5.41) is 3.63. The van der Waals surface area contributed by atoms with E-state index < -0.39 is 0 Å². The maximum absolute atomic E-state index is 4.32. The van der Waals surface area contributed by atoms with Gasteiger partial charge in [0.15, 0.2) is 0 Å². The van der Waals surface area contributed by atoms with Gasteiger partial charge in [-0.25, -0.2) is 4.98 Å². The number of aromatic nitrogens is 2.